The summed E-state index contributed by atoms with van der Waals surface area (Å²) in [7, 11) is 0. The topological polar surface area (TPSA) is 66.2 Å². The molecule has 1 aromatic heterocycles. The van der Waals surface area contributed by atoms with Crippen molar-refractivity contribution in [2.24, 2.45) is 0 Å². The van der Waals surface area contributed by atoms with Crippen molar-refractivity contribution < 1.29 is 13.5 Å². The van der Waals surface area contributed by atoms with Crippen LogP contribution in [0, 0.1) is 13.8 Å². The quantitative estimate of drug-likeness (QED) is 0.492. The Morgan fingerprint density at radius 3 is 2.21 bits per heavy atom. The lowest BCUT2D eigenvalue weighted by Gasteiger charge is -2.31. The summed E-state index contributed by atoms with van der Waals surface area (Å²) < 4.78 is 1.55. The molecule has 1 heterocycles. The molecule has 0 saturated heterocycles. The third-order valence-electron chi connectivity index (χ3n) is 5.81. The summed E-state index contributed by atoms with van der Waals surface area (Å²) in [4.78, 5) is 33.7. The maximum atomic E-state index is 14.0. The fraction of sp³-hybridized carbons (Fsp3) is 0.385. The van der Waals surface area contributed by atoms with Crippen molar-refractivity contribution in [1.82, 2.24) is 10.3 Å². The van der Waals surface area contributed by atoms with Gasteiger partial charge in [-0.05, 0) is 49.9 Å². The van der Waals surface area contributed by atoms with Crippen molar-refractivity contribution in [3.05, 3.63) is 76.6 Å². The molecule has 3 aromatic rings. The van der Waals surface area contributed by atoms with Crippen LogP contribution >= 0.6 is 11.5 Å². The molecule has 0 spiro atoms. The fourth-order valence-corrected chi connectivity index (χ4v) is 4.35. The highest BCUT2D eigenvalue weighted by Gasteiger charge is 2.41. The van der Waals surface area contributed by atoms with Gasteiger partial charge in [-0.15, -0.1) is 3.96 Å². The van der Waals surface area contributed by atoms with Gasteiger partial charge in [0.1, 0.15) is 5.69 Å². The molecule has 1 N–H and O–H groups in total. The summed E-state index contributed by atoms with van der Waals surface area (Å²) >= 11 is 1.28. The van der Waals surface area contributed by atoms with Gasteiger partial charge in [0.25, 0.3) is 11.7 Å². The first-order valence-corrected chi connectivity index (χ1v) is 12.1. The number of hydrogen-bond donors (Lipinski definition) is 1. The number of aromatic nitrogens is 2. The molecule has 0 saturated carbocycles. The molecule has 174 valence electrons. The lowest BCUT2D eigenvalue weighted by molar-refractivity contribution is -0.505. The Morgan fingerprint density at radius 1 is 1.06 bits per heavy atom. The molecular formula is C26H33N4O2S+. The third-order valence-corrected chi connectivity index (χ3v) is 6.76. The number of carbonyl (C=O) groups excluding carboxylic acids is 2. The first kappa shape index (κ1) is 24.6. The highest BCUT2D eigenvalue weighted by molar-refractivity contribution is 7.01. The zero-order valence-corrected chi connectivity index (χ0v) is 21.1. The van der Waals surface area contributed by atoms with Crippen LogP contribution in [0.1, 0.15) is 62.1 Å². The van der Waals surface area contributed by atoms with Crippen LogP contribution in [0.4, 0.5) is 10.5 Å². The van der Waals surface area contributed by atoms with Crippen molar-refractivity contribution >= 4 is 29.2 Å². The summed E-state index contributed by atoms with van der Waals surface area (Å²) in [6.45, 7) is 11.8. The first-order chi connectivity index (χ1) is 15.7. The molecule has 2 aromatic carbocycles. The number of aryl methyl sites for hydroxylation is 3. The molecule has 3 rings (SSSR count). The average molecular weight is 466 g/mol. The lowest BCUT2D eigenvalue weighted by atomic mass is 9.98. The molecule has 1 atom stereocenters. The molecule has 0 radical (unpaired) electrons. The van der Waals surface area contributed by atoms with Gasteiger partial charge in [0.15, 0.2) is 11.0 Å². The second-order valence-corrected chi connectivity index (χ2v) is 9.91. The van der Waals surface area contributed by atoms with Crippen LogP contribution in [-0.2, 0) is 11.2 Å². The van der Waals surface area contributed by atoms with E-state index in [1.165, 1.54) is 11.5 Å². The molecule has 0 aliphatic heterocycles. The van der Waals surface area contributed by atoms with Gasteiger partial charge in [0.2, 0.25) is 0 Å². The highest BCUT2D eigenvalue weighted by Crippen LogP contribution is 2.29. The van der Waals surface area contributed by atoms with Gasteiger partial charge in [0, 0.05) is 19.4 Å². The third kappa shape index (κ3) is 5.66. The van der Waals surface area contributed by atoms with Crippen LogP contribution in [0.15, 0.2) is 54.6 Å². The van der Waals surface area contributed by atoms with Gasteiger partial charge in [0.05, 0.1) is 11.5 Å². The van der Waals surface area contributed by atoms with E-state index in [-0.39, 0.29) is 11.9 Å². The number of rotatable bonds is 7. The van der Waals surface area contributed by atoms with Gasteiger partial charge in [-0.1, -0.05) is 61.3 Å². The van der Waals surface area contributed by atoms with Crippen LogP contribution in [-0.4, -0.2) is 22.5 Å². The number of amides is 2. The molecule has 7 heteroatoms. The van der Waals surface area contributed by atoms with Crippen molar-refractivity contribution in [3.63, 3.8) is 0 Å². The normalized spacial score (nSPS) is 12.3. The minimum atomic E-state index is -0.841. The van der Waals surface area contributed by atoms with Gasteiger partial charge in [-0.2, -0.15) is 0 Å². The average Bonchev–Trinajstić information content (AvgIpc) is 3.15. The van der Waals surface area contributed by atoms with Gasteiger partial charge in [-0.25, -0.2) is 9.69 Å². The Labute approximate surface area is 200 Å². The predicted molar refractivity (Wildman–Crippen MR) is 133 cm³/mol. The van der Waals surface area contributed by atoms with Gasteiger partial charge in [-0.3, -0.25) is 4.79 Å². The van der Waals surface area contributed by atoms with Crippen LogP contribution in [0.25, 0.3) is 0 Å². The SMILES string of the molecule is CCc1ccc(N(C(=O)[n+]2sc(C)nc2C)C(C(=O)NC(C)(C)CC)c2ccccc2)cc1. The molecule has 0 aliphatic rings. The number of benzene rings is 2. The van der Waals surface area contributed by atoms with Gasteiger partial charge >= 0.3 is 6.03 Å². The molecule has 0 fully saturated rings. The summed E-state index contributed by atoms with van der Waals surface area (Å²) in [6.07, 6.45) is 1.66. The maximum Gasteiger partial charge on any atom is 0.459 e. The minimum absolute atomic E-state index is 0.222. The number of hydrogen-bond acceptors (Lipinski definition) is 4. The number of anilines is 1. The van der Waals surface area contributed by atoms with Crippen LogP contribution in [0.5, 0.6) is 0 Å². The monoisotopic (exact) mass is 465 g/mol. The molecule has 0 aliphatic carbocycles. The van der Waals surface area contributed by atoms with E-state index in [0.717, 1.165) is 29.0 Å². The van der Waals surface area contributed by atoms with Gasteiger partial charge < -0.3 is 5.32 Å². The molecule has 2 amide bonds. The highest BCUT2D eigenvalue weighted by atomic mass is 32.1. The van der Waals surface area contributed by atoms with Crippen LogP contribution in [0.3, 0.4) is 0 Å². The minimum Gasteiger partial charge on any atom is -0.348 e. The van der Waals surface area contributed by atoms with E-state index in [0.29, 0.717) is 11.5 Å². The van der Waals surface area contributed by atoms with E-state index >= 15 is 0 Å². The zero-order chi connectivity index (χ0) is 24.2. The van der Waals surface area contributed by atoms with Crippen LogP contribution < -0.4 is 14.2 Å². The van der Waals surface area contributed by atoms with Crippen molar-refractivity contribution in [2.45, 2.75) is 66.0 Å². The standard InChI is InChI=1S/C26H32N4O2S/c1-7-20-14-16-22(17-15-20)29(25(32)30-18(3)27-19(4)33-30)23(21-12-10-9-11-13-21)24(31)28-26(5,6)8-2/h9-17,23H,7-8H2,1-6H3/p+1. The molecule has 1 unspecified atom stereocenters. The Balaban J connectivity index is 2.18. The first-order valence-electron chi connectivity index (χ1n) is 11.3. The second-order valence-electron chi connectivity index (χ2n) is 8.78. The predicted octanol–water partition coefficient (Wildman–Crippen LogP) is 5.13. The largest absolute Gasteiger partial charge is 0.459 e. The second kappa shape index (κ2) is 10.3. The maximum absolute atomic E-state index is 14.0. The van der Waals surface area contributed by atoms with E-state index in [2.05, 4.69) is 17.2 Å². The van der Waals surface area contributed by atoms with E-state index < -0.39 is 11.6 Å². The number of nitrogens with zero attached hydrogens (tertiary/aromatic N) is 3. The van der Waals surface area contributed by atoms with Crippen LogP contribution in [0.2, 0.25) is 0 Å². The summed E-state index contributed by atoms with van der Waals surface area (Å²) in [5.74, 6) is 0.374. The Hall–Kier alpha value is -3.06. The fourth-order valence-electron chi connectivity index (χ4n) is 3.57. The van der Waals surface area contributed by atoms with E-state index in [9.17, 15) is 9.59 Å². The van der Waals surface area contributed by atoms with Crippen molar-refractivity contribution in [1.29, 1.82) is 0 Å². The Kier molecular flexibility index (Phi) is 7.64. The van der Waals surface area contributed by atoms with E-state index in [1.54, 1.807) is 15.8 Å². The Bertz CT molecular complexity index is 1110. The summed E-state index contributed by atoms with van der Waals surface area (Å²) in [5.41, 5.74) is 2.16. The van der Waals surface area contributed by atoms with E-state index in [4.69, 9.17) is 0 Å². The van der Waals surface area contributed by atoms with Crippen molar-refractivity contribution in [2.75, 3.05) is 4.90 Å². The van der Waals surface area contributed by atoms with Crippen molar-refractivity contribution in [3.8, 4) is 0 Å². The summed E-state index contributed by atoms with van der Waals surface area (Å²) in [5, 5.41) is 3.94. The summed E-state index contributed by atoms with van der Waals surface area (Å²) in [6, 6.07) is 16.1. The van der Waals surface area contributed by atoms with E-state index in [1.807, 2.05) is 82.3 Å². The zero-order valence-electron chi connectivity index (χ0n) is 20.3. The lowest BCUT2D eigenvalue weighted by Crippen LogP contribution is -2.57. The molecule has 33 heavy (non-hydrogen) atoms. The number of nitrogens with one attached hydrogen (secondary N) is 1. The number of carbonyl (C=O) groups is 2. The molecular weight excluding hydrogens is 432 g/mol. The molecule has 6 nitrogen and oxygen atoms in total. The molecule has 0 bridgehead atoms. The smallest absolute Gasteiger partial charge is 0.348 e. The Morgan fingerprint density at radius 2 is 1.70 bits per heavy atom.